The van der Waals surface area contributed by atoms with Gasteiger partial charge < -0.3 is 19.2 Å². The molecule has 1 N–H and O–H groups in total. The molecular formula is C30H28ClN3O5. The highest BCUT2D eigenvalue weighted by Gasteiger charge is 2.36. The van der Waals surface area contributed by atoms with Gasteiger partial charge in [0.1, 0.15) is 0 Å². The number of ether oxygens (including phenoxy) is 3. The predicted molar refractivity (Wildman–Crippen MR) is 152 cm³/mol. The number of H-pyrrole nitrogens is 1. The van der Waals surface area contributed by atoms with Crippen LogP contribution in [0.2, 0.25) is 5.02 Å². The number of hydrogen-bond donors (Lipinski definition) is 1. The molecule has 8 nitrogen and oxygen atoms in total. The summed E-state index contributed by atoms with van der Waals surface area (Å²) >= 11 is 6.39. The molecular weight excluding hydrogens is 518 g/mol. The Hall–Kier alpha value is -4.30. The van der Waals surface area contributed by atoms with Crippen molar-refractivity contribution in [2.45, 2.75) is 25.8 Å². The van der Waals surface area contributed by atoms with E-state index in [2.05, 4.69) is 4.98 Å². The summed E-state index contributed by atoms with van der Waals surface area (Å²) in [6.45, 7) is 1.78. The van der Waals surface area contributed by atoms with Gasteiger partial charge in [0.15, 0.2) is 11.5 Å². The summed E-state index contributed by atoms with van der Waals surface area (Å²) in [5.74, 6) is 1.20. The van der Waals surface area contributed by atoms with Crippen LogP contribution in [0.25, 0.3) is 22.0 Å². The first-order valence-corrected chi connectivity index (χ1v) is 12.9. The molecule has 0 spiro atoms. The van der Waals surface area contributed by atoms with E-state index in [0.717, 1.165) is 16.5 Å². The van der Waals surface area contributed by atoms with Crippen LogP contribution in [-0.4, -0.2) is 42.9 Å². The van der Waals surface area contributed by atoms with E-state index < -0.39 is 6.04 Å². The van der Waals surface area contributed by atoms with Crippen LogP contribution in [0.3, 0.4) is 0 Å². The summed E-state index contributed by atoms with van der Waals surface area (Å²) < 4.78 is 16.6. The van der Waals surface area contributed by atoms with E-state index in [1.165, 1.54) is 12.1 Å². The van der Waals surface area contributed by atoms with E-state index in [0.29, 0.717) is 51.0 Å². The Morgan fingerprint density at radius 1 is 1.00 bits per heavy atom. The van der Waals surface area contributed by atoms with Crippen LogP contribution in [0.1, 0.15) is 36.9 Å². The Bertz CT molecular complexity index is 1620. The SMILES string of the molecule is CCC(=O)N1N=C(c2c(-c3ccccc3)c3cc(Cl)ccc3[nH]c2=O)C[C@H]1c1cc(OC)c(OC)c(OC)c1. The quantitative estimate of drug-likeness (QED) is 0.309. The molecule has 39 heavy (non-hydrogen) atoms. The first-order valence-electron chi connectivity index (χ1n) is 12.5. The number of hydrogen-bond acceptors (Lipinski definition) is 6. The number of pyridine rings is 1. The molecule has 2 heterocycles. The summed E-state index contributed by atoms with van der Waals surface area (Å²) in [4.78, 5) is 29.8. The molecule has 0 saturated carbocycles. The number of nitrogens with one attached hydrogen (secondary N) is 1. The molecule has 1 amide bonds. The number of nitrogens with zero attached hydrogens (tertiary/aromatic N) is 2. The van der Waals surface area contributed by atoms with Crippen molar-refractivity contribution >= 4 is 34.1 Å². The van der Waals surface area contributed by atoms with Crippen molar-refractivity contribution in [1.29, 1.82) is 0 Å². The molecule has 4 aromatic rings. The second kappa shape index (κ2) is 10.8. The fourth-order valence-electron chi connectivity index (χ4n) is 5.05. The Labute approximate surface area is 230 Å². The van der Waals surface area contributed by atoms with Crippen molar-refractivity contribution < 1.29 is 19.0 Å². The lowest BCUT2D eigenvalue weighted by Gasteiger charge is -2.23. The largest absolute Gasteiger partial charge is 0.493 e. The maximum atomic E-state index is 13.6. The van der Waals surface area contributed by atoms with Crippen LogP contribution in [0.4, 0.5) is 0 Å². The van der Waals surface area contributed by atoms with Crippen LogP contribution in [0, 0.1) is 0 Å². The monoisotopic (exact) mass is 545 g/mol. The molecule has 3 aromatic carbocycles. The van der Waals surface area contributed by atoms with Gasteiger partial charge in [-0.25, -0.2) is 5.01 Å². The zero-order chi connectivity index (χ0) is 27.7. The molecule has 0 bridgehead atoms. The van der Waals surface area contributed by atoms with Gasteiger partial charge >= 0.3 is 0 Å². The predicted octanol–water partition coefficient (Wildman–Crippen LogP) is 5.96. The normalized spacial score (nSPS) is 14.8. The molecule has 0 radical (unpaired) electrons. The highest BCUT2D eigenvalue weighted by Crippen LogP contribution is 2.44. The molecule has 0 unspecified atom stereocenters. The van der Waals surface area contributed by atoms with E-state index in [1.807, 2.05) is 48.5 Å². The van der Waals surface area contributed by atoms with Gasteiger partial charge in [-0.05, 0) is 41.5 Å². The zero-order valence-corrected chi connectivity index (χ0v) is 22.8. The van der Waals surface area contributed by atoms with Gasteiger partial charge in [0, 0.05) is 34.3 Å². The van der Waals surface area contributed by atoms with Crippen molar-refractivity contribution in [1.82, 2.24) is 9.99 Å². The highest BCUT2D eigenvalue weighted by atomic mass is 35.5. The highest BCUT2D eigenvalue weighted by molar-refractivity contribution is 6.31. The second-order valence-corrected chi connectivity index (χ2v) is 9.51. The maximum absolute atomic E-state index is 13.6. The van der Waals surface area contributed by atoms with E-state index in [-0.39, 0.29) is 17.9 Å². The van der Waals surface area contributed by atoms with E-state index >= 15 is 0 Å². The Morgan fingerprint density at radius 2 is 1.69 bits per heavy atom. The molecule has 1 aliphatic rings. The summed E-state index contributed by atoms with van der Waals surface area (Å²) in [5.41, 5.74) is 3.57. The van der Waals surface area contributed by atoms with Crippen molar-refractivity contribution in [2.24, 2.45) is 5.10 Å². The van der Waals surface area contributed by atoms with Gasteiger partial charge in [0.25, 0.3) is 5.56 Å². The number of amides is 1. The van der Waals surface area contributed by atoms with Crippen molar-refractivity contribution in [3.05, 3.63) is 87.2 Å². The average Bonchev–Trinajstić information content (AvgIpc) is 3.41. The lowest BCUT2D eigenvalue weighted by molar-refractivity contribution is -0.132. The summed E-state index contributed by atoms with van der Waals surface area (Å²) in [6, 6.07) is 18.1. The third-order valence-electron chi connectivity index (χ3n) is 6.87. The Morgan fingerprint density at radius 3 is 2.31 bits per heavy atom. The van der Waals surface area contributed by atoms with Crippen molar-refractivity contribution in [3.8, 4) is 28.4 Å². The summed E-state index contributed by atoms with van der Waals surface area (Å²) in [5, 5.41) is 7.54. The number of rotatable bonds is 7. The fourth-order valence-corrected chi connectivity index (χ4v) is 5.22. The number of carbonyl (C=O) groups is 1. The smallest absolute Gasteiger partial charge is 0.258 e. The molecule has 0 fully saturated rings. The van der Waals surface area contributed by atoms with E-state index in [4.69, 9.17) is 30.9 Å². The number of hydrazone groups is 1. The number of benzene rings is 3. The lowest BCUT2D eigenvalue weighted by atomic mass is 9.91. The van der Waals surface area contributed by atoms with Gasteiger partial charge in [-0.15, -0.1) is 0 Å². The van der Waals surface area contributed by atoms with Gasteiger partial charge in [0.2, 0.25) is 11.7 Å². The fraction of sp³-hybridized carbons (Fsp3) is 0.233. The molecule has 9 heteroatoms. The first-order chi connectivity index (χ1) is 18.9. The van der Waals surface area contributed by atoms with Gasteiger partial charge in [-0.3, -0.25) is 9.59 Å². The van der Waals surface area contributed by atoms with E-state index in [9.17, 15) is 9.59 Å². The van der Waals surface area contributed by atoms with Gasteiger partial charge in [0.05, 0.1) is 38.6 Å². The van der Waals surface area contributed by atoms with Crippen LogP contribution in [-0.2, 0) is 4.79 Å². The van der Waals surface area contributed by atoms with Crippen LogP contribution in [0.15, 0.2) is 70.6 Å². The minimum Gasteiger partial charge on any atom is -0.493 e. The molecule has 5 rings (SSSR count). The number of aromatic amines is 1. The number of fused-ring (bicyclic) bond motifs is 1. The first kappa shape index (κ1) is 26.3. The van der Waals surface area contributed by atoms with Crippen LogP contribution < -0.4 is 19.8 Å². The summed E-state index contributed by atoms with van der Waals surface area (Å²) in [7, 11) is 4.62. The second-order valence-electron chi connectivity index (χ2n) is 9.08. The number of halogens is 1. The zero-order valence-electron chi connectivity index (χ0n) is 22.1. The Balaban J connectivity index is 1.72. The molecule has 1 aromatic heterocycles. The molecule has 1 aliphatic heterocycles. The molecule has 200 valence electrons. The Kier molecular flexibility index (Phi) is 7.30. The molecule has 0 aliphatic carbocycles. The van der Waals surface area contributed by atoms with Crippen molar-refractivity contribution in [2.75, 3.05) is 21.3 Å². The molecule has 1 atom stereocenters. The van der Waals surface area contributed by atoms with Crippen LogP contribution in [0.5, 0.6) is 17.2 Å². The van der Waals surface area contributed by atoms with Gasteiger partial charge in [-0.1, -0.05) is 48.9 Å². The standard InChI is InChI=1S/C30H28ClN3O5/c1-5-26(35)34-23(18-13-24(37-2)29(39-4)25(14-18)38-3)16-22(33-34)28-27(17-9-7-6-8-10-17)20-15-19(31)11-12-21(20)32-30(28)36/h6-15,23H,5,16H2,1-4H3,(H,32,36)/t23-/m0/s1. The number of methoxy groups -OCH3 is 3. The molecule has 0 saturated heterocycles. The average molecular weight is 546 g/mol. The van der Waals surface area contributed by atoms with Crippen LogP contribution >= 0.6 is 11.6 Å². The van der Waals surface area contributed by atoms with Crippen molar-refractivity contribution in [3.63, 3.8) is 0 Å². The minimum absolute atomic E-state index is 0.176. The third kappa shape index (κ3) is 4.72. The number of aromatic nitrogens is 1. The number of carbonyl (C=O) groups excluding carboxylic acids is 1. The van der Waals surface area contributed by atoms with Gasteiger partial charge in [-0.2, -0.15) is 5.10 Å². The maximum Gasteiger partial charge on any atom is 0.258 e. The lowest BCUT2D eigenvalue weighted by Crippen LogP contribution is -2.26. The summed E-state index contributed by atoms with van der Waals surface area (Å²) in [6.07, 6.45) is 0.548. The third-order valence-corrected chi connectivity index (χ3v) is 7.10. The van der Waals surface area contributed by atoms with E-state index in [1.54, 1.807) is 33.3 Å². The topological polar surface area (TPSA) is 93.2 Å². The minimum atomic E-state index is -0.487.